The van der Waals surface area contributed by atoms with Gasteiger partial charge in [-0.15, -0.1) is 0 Å². The molecule has 26 heavy (non-hydrogen) atoms. The number of hydrogen-bond donors (Lipinski definition) is 1. The van der Waals surface area contributed by atoms with E-state index >= 15 is 0 Å². The summed E-state index contributed by atoms with van der Waals surface area (Å²) < 4.78 is 10.4. The summed E-state index contributed by atoms with van der Waals surface area (Å²) in [4.78, 5) is 26.6. The quantitative estimate of drug-likeness (QED) is 0.896. The van der Waals surface area contributed by atoms with Gasteiger partial charge in [-0.05, 0) is 19.1 Å². The summed E-state index contributed by atoms with van der Waals surface area (Å²) in [5.74, 6) is 0.536. The zero-order valence-electron chi connectivity index (χ0n) is 15.1. The van der Waals surface area contributed by atoms with Crippen LogP contribution in [-0.2, 0) is 9.59 Å². The Morgan fingerprint density at radius 3 is 2.27 bits per heavy atom. The normalized spacial score (nSPS) is 16.5. The first-order chi connectivity index (χ1) is 12.5. The van der Waals surface area contributed by atoms with E-state index in [0.717, 1.165) is 11.3 Å². The smallest absolute Gasteiger partial charge is 0.229 e. The van der Waals surface area contributed by atoms with E-state index in [-0.39, 0.29) is 18.2 Å². The molecule has 1 atom stereocenters. The average Bonchev–Trinajstić information content (AvgIpc) is 3.04. The topological polar surface area (TPSA) is 67.9 Å². The molecule has 0 bridgehead atoms. The summed E-state index contributed by atoms with van der Waals surface area (Å²) in [6, 6.07) is 12.9. The first kappa shape index (κ1) is 17.8. The van der Waals surface area contributed by atoms with Gasteiger partial charge in [0.25, 0.3) is 0 Å². The van der Waals surface area contributed by atoms with Crippen molar-refractivity contribution in [2.75, 3.05) is 31.0 Å². The van der Waals surface area contributed by atoms with Gasteiger partial charge in [-0.1, -0.05) is 17.7 Å². The van der Waals surface area contributed by atoms with Crippen molar-refractivity contribution >= 4 is 23.2 Å². The van der Waals surface area contributed by atoms with Crippen LogP contribution in [-0.4, -0.2) is 32.6 Å². The molecule has 1 saturated heterocycles. The lowest BCUT2D eigenvalue weighted by atomic mass is 10.1. The van der Waals surface area contributed by atoms with E-state index in [4.69, 9.17) is 9.47 Å². The molecule has 6 nitrogen and oxygen atoms in total. The monoisotopic (exact) mass is 354 g/mol. The van der Waals surface area contributed by atoms with Crippen LogP contribution < -0.4 is 19.7 Å². The van der Waals surface area contributed by atoms with E-state index in [0.29, 0.717) is 23.7 Å². The minimum atomic E-state index is -0.402. The van der Waals surface area contributed by atoms with Gasteiger partial charge in [0.2, 0.25) is 11.8 Å². The lowest BCUT2D eigenvalue weighted by molar-refractivity contribution is -0.122. The summed E-state index contributed by atoms with van der Waals surface area (Å²) in [7, 11) is 3.10. The molecule has 136 valence electrons. The fraction of sp³-hybridized carbons (Fsp3) is 0.300. The number of aryl methyl sites for hydroxylation is 1. The van der Waals surface area contributed by atoms with Crippen LogP contribution in [0.25, 0.3) is 0 Å². The number of nitrogens with one attached hydrogen (secondary N) is 1. The molecule has 2 amide bonds. The van der Waals surface area contributed by atoms with Crippen molar-refractivity contribution in [3.05, 3.63) is 48.0 Å². The molecule has 2 aromatic carbocycles. The third-order valence-electron chi connectivity index (χ3n) is 4.46. The minimum Gasteiger partial charge on any atom is -0.497 e. The molecule has 6 heteroatoms. The second kappa shape index (κ2) is 7.47. The van der Waals surface area contributed by atoms with Crippen molar-refractivity contribution in [1.29, 1.82) is 0 Å². The van der Waals surface area contributed by atoms with E-state index in [1.807, 2.05) is 31.2 Å². The number of anilines is 2. The maximum atomic E-state index is 12.6. The molecule has 0 spiro atoms. The van der Waals surface area contributed by atoms with E-state index in [2.05, 4.69) is 5.32 Å². The van der Waals surface area contributed by atoms with Crippen molar-refractivity contribution in [2.45, 2.75) is 13.3 Å². The number of hydrogen-bond acceptors (Lipinski definition) is 4. The highest BCUT2D eigenvalue weighted by Crippen LogP contribution is 2.29. The van der Waals surface area contributed by atoms with Gasteiger partial charge >= 0.3 is 0 Å². The van der Waals surface area contributed by atoms with Gasteiger partial charge < -0.3 is 19.7 Å². The molecule has 3 rings (SSSR count). The largest absolute Gasteiger partial charge is 0.497 e. The van der Waals surface area contributed by atoms with Crippen LogP contribution in [0.4, 0.5) is 11.4 Å². The van der Waals surface area contributed by atoms with Gasteiger partial charge in [0.15, 0.2) is 0 Å². The first-order valence-electron chi connectivity index (χ1n) is 8.41. The number of ether oxygens (including phenoxy) is 2. The van der Waals surface area contributed by atoms with Gasteiger partial charge in [0.1, 0.15) is 11.5 Å². The zero-order valence-corrected chi connectivity index (χ0v) is 15.1. The van der Waals surface area contributed by atoms with Gasteiger partial charge in [-0.3, -0.25) is 9.59 Å². The Bertz CT molecular complexity index is 795. The van der Waals surface area contributed by atoms with Crippen LogP contribution in [0.15, 0.2) is 42.5 Å². The second-order valence-electron chi connectivity index (χ2n) is 6.33. The van der Waals surface area contributed by atoms with Crippen LogP contribution in [0.5, 0.6) is 11.5 Å². The number of carbonyl (C=O) groups excluding carboxylic acids is 2. The van der Waals surface area contributed by atoms with Crippen LogP contribution in [0, 0.1) is 12.8 Å². The van der Waals surface area contributed by atoms with Crippen molar-refractivity contribution in [3.63, 3.8) is 0 Å². The standard InChI is InChI=1S/C20H22N2O4/c1-13-4-6-16(7-5-13)22-12-14(8-19(22)23)20(24)21-15-9-17(25-2)11-18(10-15)26-3/h4-7,9-11,14H,8,12H2,1-3H3,(H,21,24)/t14-/m1/s1. The average molecular weight is 354 g/mol. The molecular formula is C20H22N2O4. The van der Waals surface area contributed by atoms with Crippen LogP contribution in [0.2, 0.25) is 0 Å². The summed E-state index contributed by atoms with van der Waals surface area (Å²) >= 11 is 0. The summed E-state index contributed by atoms with van der Waals surface area (Å²) in [6.45, 7) is 2.36. The Labute approximate surface area is 152 Å². The van der Waals surface area contributed by atoms with Crippen molar-refractivity contribution in [3.8, 4) is 11.5 Å². The Kier molecular flexibility index (Phi) is 5.11. The molecule has 1 N–H and O–H groups in total. The lowest BCUT2D eigenvalue weighted by Gasteiger charge is -2.17. The molecule has 0 aromatic heterocycles. The highest BCUT2D eigenvalue weighted by atomic mass is 16.5. The molecule has 2 aromatic rings. The molecule has 0 saturated carbocycles. The zero-order chi connectivity index (χ0) is 18.7. The minimum absolute atomic E-state index is 0.0442. The Morgan fingerprint density at radius 1 is 1.08 bits per heavy atom. The number of methoxy groups -OCH3 is 2. The molecule has 1 aliphatic heterocycles. The Balaban J connectivity index is 1.71. The SMILES string of the molecule is COc1cc(NC(=O)[C@@H]2CC(=O)N(c3ccc(C)cc3)C2)cc(OC)c1. The predicted molar refractivity (Wildman–Crippen MR) is 99.8 cm³/mol. The second-order valence-corrected chi connectivity index (χ2v) is 6.33. The number of rotatable bonds is 5. The number of benzene rings is 2. The Morgan fingerprint density at radius 2 is 1.69 bits per heavy atom. The van der Waals surface area contributed by atoms with Crippen molar-refractivity contribution < 1.29 is 19.1 Å². The summed E-state index contributed by atoms with van der Waals surface area (Å²) in [6.07, 6.45) is 0.195. The highest BCUT2D eigenvalue weighted by Gasteiger charge is 2.35. The number of carbonyl (C=O) groups is 2. The predicted octanol–water partition coefficient (Wildman–Crippen LogP) is 3.00. The van der Waals surface area contributed by atoms with E-state index < -0.39 is 5.92 Å². The fourth-order valence-corrected chi connectivity index (χ4v) is 2.98. The maximum absolute atomic E-state index is 12.6. The van der Waals surface area contributed by atoms with Crippen LogP contribution in [0.3, 0.4) is 0 Å². The molecule has 1 fully saturated rings. The third kappa shape index (κ3) is 3.79. The van der Waals surface area contributed by atoms with Gasteiger partial charge in [0, 0.05) is 42.5 Å². The third-order valence-corrected chi connectivity index (χ3v) is 4.46. The van der Waals surface area contributed by atoms with E-state index in [9.17, 15) is 9.59 Å². The van der Waals surface area contributed by atoms with Gasteiger partial charge in [-0.2, -0.15) is 0 Å². The molecule has 1 heterocycles. The highest BCUT2D eigenvalue weighted by molar-refractivity contribution is 6.03. The van der Waals surface area contributed by atoms with Gasteiger partial charge in [-0.25, -0.2) is 0 Å². The number of amides is 2. The lowest BCUT2D eigenvalue weighted by Crippen LogP contribution is -2.28. The molecular weight excluding hydrogens is 332 g/mol. The van der Waals surface area contributed by atoms with Crippen molar-refractivity contribution in [1.82, 2.24) is 0 Å². The Hall–Kier alpha value is -3.02. The molecule has 0 radical (unpaired) electrons. The molecule has 0 aliphatic carbocycles. The van der Waals surface area contributed by atoms with Crippen LogP contribution in [0.1, 0.15) is 12.0 Å². The first-order valence-corrected chi connectivity index (χ1v) is 8.41. The van der Waals surface area contributed by atoms with E-state index in [1.165, 1.54) is 0 Å². The van der Waals surface area contributed by atoms with Crippen LogP contribution >= 0.6 is 0 Å². The molecule has 1 aliphatic rings. The molecule has 0 unspecified atom stereocenters. The maximum Gasteiger partial charge on any atom is 0.229 e. The summed E-state index contributed by atoms with van der Waals surface area (Å²) in [5, 5.41) is 2.86. The van der Waals surface area contributed by atoms with Crippen molar-refractivity contribution in [2.24, 2.45) is 5.92 Å². The number of nitrogens with zero attached hydrogens (tertiary/aromatic N) is 1. The summed E-state index contributed by atoms with van der Waals surface area (Å²) in [5.41, 5.74) is 2.52. The van der Waals surface area contributed by atoms with E-state index in [1.54, 1.807) is 37.3 Å². The fourth-order valence-electron chi connectivity index (χ4n) is 2.98. The van der Waals surface area contributed by atoms with Gasteiger partial charge in [0.05, 0.1) is 20.1 Å².